The first-order valence-corrected chi connectivity index (χ1v) is 7.65. The van der Waals surface area contributed by atoms with E-state index in [4.69, 9.17) is 0 Å². The number of likely N-dealkylation sites (tertiary alicyclic amines) is 1. The van der Waals surface area contributed by atoms with E-state index in [0.29, 0.717) is 6.54 Å². The van der Waals surface area contributed by atoms with Gasteiger partial charge in [0.2, 0.25) is 11.8 Å². The van der Waals surface area contributed by atoms with Gasteiger partial charge in [0.1, 0.15) is 0 Å². The molecule has 1 aromatic carbocycles. The van der Waals surface area contributed by atoms with E-state index >= 15 is 0 Å². The summed E-state index contributed by atoms with van der Waals surface area (Å²) in [5, 5.41) is 9.68. The maximum absolute atomic E-state index is 12.6. The fraction of sp³-hybridized carbons (Fsp3) is 0.529. The number of aliphatic hydroxyl groups is 1. The molecule has 112 valence electrons. The average Bonchev–Trinajstić information content (AvgIpc) is 3.09. The van der Waals surface area contributed by atoms with Crippen molar-refractivity contribution in [1.82, 2.24) is 4.90 Å². The molecule has 1 N–H and O–H groups in total. The van der Waals surface area contributed by atoms with Gasteiger partial charge in [-0.1, -0.05) is 43.2 Å². The minimum atomic E-state index is -0.351. The normalized spacial score (nSPS) is 24.8. The van der Waals surface area contributed by atoms with Crippen molar-refractivity contribution in [3.63, 3.8) is 0 Å². The van der Waals surface area contributed by atoms with Crippen LogP contribution in [-0.2, 0) is 9.59 Å². The molecule has 1 saturated carbocycles. The van der Waals surface area contributed by atoms with Crippen LogP contribution in [0.2, 0.25) is 0 Å². The Hall–Kier alpha value is -1.68. The number of aliphatic hydroxyl groups excluding tert-OH is 1. The van der Waals surface area contributed by atoms with Gasteiger partial charge in [0.15, 0.2) is 0 Å². The molecule has 1 unspecified atom stereocenters. The van der Waals surface area contributed by atoms with Crippen LogP contribution in [0.15, 0.2) is 30.3 Å². The largest absolute Gasteiger partial charge is 0.396 e. The van der Waals surface area contributed by atoms with Gasteiger partial charge in [0.25, 0.3) is 0 Å². The maximum Gasteiger partial charge on any atom is 0.237 e. The Balaban J connectivity index is 1.78. The standard InChI is InChI=1S/C17H21NO3/c19-12-17(8-4-5-9-17)11-18-15(20)10-14(16(18)21)13-6-2-1-3-7-13/h1-3,6-7,14,19H,4-5,8-12H2. The van der Waals surface area contributed by atoms with Crippen molar-refractivity contribution in [2.75, 3.05) is 13.2 Å². The van der Waals surface area contributed by atoms with Gasteiger partial charge in [-0.2, -0.15) is 0 Å². The molecule has 0 bridgehead atoms. The fourth-order valence-corrected chi connectivity index (χ4v) is 3.62. The van der Waals surface area contributed by atoms with Crippen LogP contribution >= 0.6 is 0 Å². The molecule has 2 aliphatic rings. The fourth-order valence-electron chi connectivity index (χ4n) is 3.62. The summed E-state index contributed by atoms with van der Waals surface area (Å²) < 4.78 is 0. The summed E-state index contributed by atoms with van der Waals surface area (Å²) in [7, 11) is 0. The molecule has 0 radical (unpaired) electrons. The molecule has 1 heterocycles. The first-order valence-electron chi connectivity index (χ1n) is 7.65. The maximum atomic E-state index is 12.6. The van der Waals surface area contributed by atoms with Gasteiger partial charge in [0, 0.05) is 18.4 Å². The Labute approximate surface area is 124 Å². The number of rotatable bonds is 4. The Morgan fingerprint density at radius 3 is 2.43 bits per heavy atom. The van der Waals surface area contributed by atoms with Crippen molar-refractivity contribution in [3.8, 4) is 0 Å². The van der Waals surface area contributed by atoms with Gasteiger partial charge >= 0.3 is 0 Å². The zero-order valence-electron chi connectivity index (χ0n) is 12.1. The quantitative estimate of drug-likeness (QED) is 0.863. The topological polar surface area (TPSA) is 57.6 Å². The van der Waals surface area contributed by atoms with Gasteiger partial charge in [-0.3, -0.25) is 14.5 Å². The van der Waals surface area contributed by atoms with Gasteiger partial charge in [-0.25, -0.2) is 0 Å². The molecule has 4 nitrogen and oxygen atoms in total. The molecule has 1 saturated heterocycles. The van der Waals surface area contributed by atoms with E-state index in [0.717, 1.165) is 31.2 Å². The van der Waals surface area contributed by atoms with Crippen molar-refractivity contribution in [2.24, 2.45) is 5.41 Å². The van der Waals surface area contributed by atoms with Crippen LogP contribution in [0.25, 0.3) is 0 Å². The molecule has 2 amide bonds. The van der Waals surface area contributed by atoms with E-state index in [1.807, 2.05) is 30.3 Å². The molecule has 1 aromatic rings. The number of hydrogen-bond donors (Lipinski definition) is 1. The Kier molecular flexibility index (Phi) is 3.81. The van der Waals surface area contributed by atoms with Crippen molar-refractivity contribution < 1.29 is 14.7 Å². The predicted molar refractivity (Wildman–Crippen MR) is 78.5 cm³/mol. The van der Waals surface area contributed by atoms with E-state index in [1.165, 1.54) is 4.90 Å². The molecule has 0 spiro atoms. The van der Waals surface area contributed by atoms with Gasteiger partial charge < -0.3 is 5.11 Å². The second-order valence-corrected chi connectivity index (χ2v) is 6.35. The number of imide groups is 1. The van der Waals surface area contributed by atoms with Crippen LogP contribution in [-0.4, -0.2) is 35.0 Å². The Morgan fingerprint density at radius 2 is 1.81 bits per heavy atom. The third-order valence-corrected chi connectivity index (χ3v) is 4.94. The Morgan fingerprint density at radius 1 is 1.14 bits per heavy atom. The van der Waals surface area contributed by atoms with Gasteiger partial charge in [-0.15, -0.1) is 0 Å². The minimum absolute atomic E-state index is 0.0556. The first-order chi connectivity index (χ1) is 10.2. The van der Waals surface area contributed by atoms with Crippen LogP contribution in [0.1, 0.15) is 43.6 Å². The molecular formula is C17H21NO3. The predicted octanol–water partition coefficient (Wildman–Crippen LogP) is 2.08. The minimum Gasteiger partial charge on any atom is -0.396 e. The molecule has 21 heavy (non-hydrogen) atoms. The summed E-state index contributed by atoms with van der Waals surface area (Å²) in [6.45, 7) is 0.435. The second kappa shape index (κ2) is 5.60. The number of hydrogen-bond acceptors (Lipinski definition) is 3. The number of carbonyl (C=O) groups excluding carboxylic acids is 2. The Bertz CT molecular complexity index is 534. The zero-order valence-corrected chi connectivity index (χ0v) is 12.1. The summed E-state index contributed by atoms with van der Waals surface area (Å²) in [5.74, 6) is -0.560. The van der Waals surface area contributed by atoms with E-state index in [-0.39, 0.29) is 36.2 Å². The molecular weight excluding hydrogens is 266 g/mol. The number of nitrogens with zero attached hydrogens (tertiary/aromatic N) is 1. The van der Waals surface area contributed by atoms with Crippen LogP contribution < -0.4 is 0 Å². The van der Waals surface area contributed by atoms with Crippen molar-refractivity contribution >= 4 is 11.8 Å². The summed E-state index contributed by atoms with van der Waals surface area (Å²) in [6, 6.07) is 9.49. The lowest BCUT2D eigenvalue weighted by molar-refractivity contribution is -0.141. The van der Waals surface area contributed by atoms with Crippen molar-refractivity contribution in [1.29, 1.82) is 0 Å². The highest BCUT2D eigenvalue weighted by atomic mass is 16.3. The van der Waals surface area contributed by atoms with Crippen molar-refractivity contribution in [2.45, 2.75) is 38.0 Å². The number of benzene rings is 1. The lowest BCUT2D eigenvalue weighted by Crippen LogP contribution is -2.41. The second-order valence-electron chi connectivity index (χ2n) is 6.35. The molecule has 2 fully saturated rings. The zero-order chi connectivity index (χ0) is 14.9. The van der Waals surface area contributed by atoms with Crippen molar-refractivity contribution in [3.05, 3.63) is 35.9 Å². The van der Waals surface area contributed by atoms with E-state index in [1.54, 1.807) is 0 Å². The van der Waals surface area contributed by atoms with Crippen LogP contribution in [0.4, 0.5) is 0 Å². The summed E-state index contributed by atoms with van der Waals surface area (Å²) in [6.07, 6.45) is 4.19. The third-order valence-electron chi connectivity index (χ3n) is 4.94. The monoisotopic (exact) mass is 287 g/mol. The smallest absolute Gasteiger partial charge is 0.237 e. The SMILES string of the molecule is O=C1CC(c2ccccc2)C(=O)N1CC1(CO)CCCC1. The van der Waals surface area contributed by atoms with E-state index < -0.39 is 0 Å². The molecule has 4 heteroatoms. The average molecular weight is 287 g/mol. The highest BCUT2D eigenvalue weighted by Gasteiger charge is 2.44. The molecule has 0 aromatic heterocycles. The van der Waals surface area contributed by atoms with E-state index in [2.05, 4.69) is 0 Å². The third kappa shape index (κ3) is 2.60. The summed E-state index contributed by atoms with van der Waals surface area (Å²) >= 11 is 0. The number of carbonyl (C=O) groups is 2. The lowest BCUT2D eigenvalue weighted by Gasteiger charge is -2.30. The molecule has 1 aliphatic heterocycles. The van der Waals surface area contributed by atoms with Crippen LogP contribution in [0.3, 0.4) is 0 Å². The van der Waals surface area contributed by atoms with E-state index in [9.17, 15) is 14.7 Å². The summed E-state index contributed by atoms with van der Waals surface area (Å²) in [4.78, 5) is 26.2. The van der Waals surface area contributed by atoms with Crippen LogP contribution in [0.5, 0.6) is 0 Å². The summed E-state index contributed by atoms with van der Waals surface area (Å²) in [5.41, 5.74) is 0.638. The highest BCUT2D eigenvalue weighted by Crippen LogP contribution is 2.40. The van der Waals surface area contributed by atoms with Crippen LogP contribution in [0, 0.1) is 5.41 Å². The van der Waals surface area contributed by atoms with Gasteiger partial charge in [0.05, 0.1) is 12.5 Å². The molecule has 1 atom stereocenters. The lowest BCUT2D eigenvalue weighted by atomic mass is 9.86. The number of amides is 2. The highest BCUT2D eigenvalue weighted by molar-refractivity contribution is 6.06. The molecule has 1 aliphatic carbocycles. The molecule has 3 rings (SSSR count). The van der Waals surface area contributed by atoms with Gasteiger partial charge in [-0.05, 0) is 18.4 Å². The first kappa shape index (κ1) is 14.3.